The van der Waals surface area contributed by atoms with E-state index in [1.165, 1.54) is 11.8 Å². The number of hydrogen-bond donors (Lipinski definition) is 1. The predicted molar refractivity (Wildman–Crippen MR) is 110 cm³/mol. The number of aromatic nitrogens is 3. The molecule has 1 N–H and O–H groups in total. The molecule has 148 valence electrons. The maximum Gasteiger partial charge on any atom is 0.250 e. The van der Waals surface area contributed by atoms with Gasteiger partial charge in [-0.05, 0) is 35.9 Å². The fourth-order valence-corrected chi connectivity index (χ4v) is 3.55. The van der Waals surface area contributed by atoms with Crippen molar-refractivity contribution in [3.8, 4) is 22.9 Å². The first kappa shape index (κ1) is 19.3. The molecule has 1 amide bonds. The third-order valence-electron chi connectivity index (χ3n) is 4.05. The van der Waals surface area contributed by atoms with Crippen LogP contribution in [-0.4, -0.2) is 39.4 Å². The van der Waals surface area contributed by atoms with Crippen LogP contribution in [0, 0.1) is 0 Å². The molecule has 0 spiro atoms. The van der Waals surface area contributed by atoms with Gasteiger partial charge in [0.1, 0.15) is 0 Å². The lowest BCUT2D eigenvalue weighted by Crippen LogP contribution is -2.19. The molecule has 0 radical (unpaired) electrons. The van der Waals surface area contributed by atoms with E-state index in [-0.39, 0.29) is 18.5 Å². The van der Waals surface area contributed by atoms with Crippen LogP contribution in [0.15, 0.2) is 52.7 Å². The van der Waals surface area contributed by atoms with Crippen molar-refractivity contribution < 1.29 is 14.3 Å². The summed E-state index contributed by atoms with van der Waals surface area (Å²) in [6.45, 7) is 0.213. The predicted octanol–water partition coefficient (Wildman–Crippen LogP) is 3.11. The van der Waals surface area contributed by atoms with E-state index in [0.717, 1.165) is 11.1 Å². The van der Waals surface area contributed by atoms with E-state index in [1.807, 2.05) is 35.9 Å². The van der Waals surface area contributed by atoms with Crippen LogP contribution in [0.4, 0.5) is 0 Å². The van der Waals surface area contributed by atoms with E-state index in [2.05, 4.69) is 20.7 Å². The average molecular weight is 430 g/mol. The van der Waals surface area contributed by atoms with Crippen LogP contribution >= 0.6 is 23.4 Å². The maximum absolute atomic E-state index is 12.1. The van der Waals surface area contributed by atoms with Crippen LogP contribution in [0.5, 0.6) is 11.5 Å². The van der Waals surface area contributed by atoms with Gasteiger partial charge in [0.05, 0.1) is 12.0 Å². The molecule has 0 saturated carbocycles. The van der Waals surface area contributed by atoms with Gasteiger partial charge >= 0.3 is 0 Å². The van der Waals surface area contributed by atoms with Gasteiger partial charge in [0.25, 0.3) is 5.91 Å². The number of carbonyl (C=O) groups is 1. The zero-order chi connectivity index (χ0) is 20.2. The summed E-state index contributed by atoms with van der Waals surface area (Å²) in [6, 6.07) is 12.8. The number of hydrogen-bond acceptors (Lipinski definition) is 7. The number of thioether (sulfide) groups is 1. The molecule has 0 aliphatic carbocycles. The molecule has 3 aromatic rings. The molecule has 29 heavy (non-hydrogen) atoms. The minimum absolute atomic E-state index is 0.153. The van der Waals surface area contributed by atoms with Crippen molar-refractivity contribution in [2.75, 3.05) is 12.5 Å². The second-order valence-corrected chi connectivity index (χ2v) is 7.45. The molecule has 4 rings (SSSR count). The van der Waals surface area contributed by atoms with E-state index in [0.29, 0.717) is 27.5 Å². The van der Waals surface area contributed by atoms with Gasteiger partial charge in [-0.25, -0.2) is 5.43 Å². The minimum Gasteiger partial charge on any atom is -0.454 e. The Morgan fingerprint density at radius 3 is 3.00 bits per heavy atom. The summed E-state index contributed by atoms with van der Waals surface area (Å²) < 4.78 is 12.4. The molecule has 2 heterocycles. The molecule has 8 nitrogen and oxygen atoms in total. The number of fused-ring (bicyclic) bond motifs is 1. The first-order valence-electron chi connectivity index (χ1n) is 8.60. The molecule has 1 aromatic heterocycles. The summed E-state index contributed by atoms with van der Waals surface area (Å²) in [5.41, 5.74) is 4.15. The molecular formula is C19H16ClN5O3S. The SMILES string of the molecule is Cn1c(SCC(=O)N/N=C\c2ccc3c(c2)OCO3)nnc1-c1cccc(Cl)c1. The lowest BCUT2D eigenvalue weighted by molar-refractivity contribution is -0.118. The van der Waals surface area contributed by atoms with Crippen molar-refractivity contribution in [3.63, 3.8) is 0 Å². The molecule has 0 saturated heterocycles. The van der Waals surface area contributed by atoms with E-state index in [9.17, 15) is 4.79 Å². The van der Waals surface area contributed by atoms with E-state index >= 15 is 0 Å². The zero-order valence-electron chi connectivity index (χ0n) is 15.3. The second-order valence-electron chi connectivity index (χ2n) is 6.07. The maximum atomic E-state index is 12.1. The van der Waals surface area contributed by atoms with Crippen LogP contribution in [0.3, 0.4) is 0 Å². The van der Waals surface area contributed by atoms with E-state index in [1.54, 1.807) is 24.4 Å². The molecule has 0 bridgehead atoms. The Bertz CT molecular complexity index is 1090. The molecule has 2 aromatic carbocycles. The quantitative estimate of drug-likeness (QED) is 0.368. The van der Waals surface area contributed by atoms with Crippen molar-refractivity contribution in [2.45, 2.75) is 5.16 Å². The van der Waals surface area contributed by atoms with Gasteiger partial charge in [0.2, 0.25) is 6.79 Å². The Hall–Kier alpha value is -3.04. The first-order valence-corrected chi connectivity index (χ1v) is 9.96. The lowest BCUT2D eigenvalue weighted by Gasteiger charge is -2.04. The number of amides is 1. The fraction of sp³-hybridized carbons (Fsp3) is 0.158. The highest BCUT2D eigenvalue weighted by atomic mass is 35.5. The standard InChI is InChI=1S/C19H16ClN5O3S/c1-25-18(13-3-2-4-14(20)8-13)23-24-19(25)29-10-17(26)22-21-9-12-5-6-15-16(7-12)28-11-27-15/h2-9H,10-11H2,1H3,(H,22,26)/b21-9-. The van der Waals surface area contributed by atoms with Crippen molar-refractivity contribution in [3.05, 3.63) is 53.1 Å². The van der Waals surface area contributed by atoms with Gasteiger partial charge in [-0.15, -0.1) is 10.2 Å². The van der Waals surface area contributed by atoms with Gasteiger partial charge in [0, 0.05) is 17.6 Å². The summed E-state index contributed by atoms with van der Waals surface area (Å²) in [5.74, 6) is 1.94. The van der Waals surface area contributed by atoms with Crippen LogP contribution in [-0.2, 0) is 11.8 Å². The molecular weight excluding hydrogens is 414 g/mol. The van der Waals surface area contributed by atoms with Crippen molar-refractivity contribution >= 4 is 35.5 Å². The van der Waals surface area contributed by atoms with E-state index in [4.69, 9.17) is 21.1 Å². The highest BCUT2D eigenvalue weighted by Gasteiger charge is 2.14. The highest BCUT2D eigenvalue weighted by Crippen LogP contribution is 2.32. The molecule has 1 aliphatic rings. The van der Waals surface area contributed by atoms with Crippen molar-refractivity contribution in [1.29, 1.82) is 0 Å². The topological polar surface area (TPSA) is 90.6 Å². The average Bonchev–Trinajstić information content (AvgIpc) is 3.32. The van der Waals surface area contributed by atoms with Crippen LogP contribution in [0.25, 0.3) is 11.4 Å². The van der Waals surface area contributed by atoms with Crippen LogP contribution < -0.4 is 14.9 Å². The Labute approximate surface area is 175 Å². The normalized spacial score (nSPS) is 12.5. The summed E-state index contributed by atoms with van der Waals surface area (Å²) in [7, 11) is 1.84. The van der Waals surface area contributed by atoms with Gasteiger partial charge in [-0.2, -0.15) is 5.10 Å². The van der Waals surface area contributed by atoms with Crippen LogP contribution in [0.2, 0.25) is 5.02 Å². The zero-order valence-corrected chi connectivity index (χ0v) is 16.9. The van der Waals surface area contributed by atoms with E-state index < -0.39 is 0 Å². The van der Waals surface area contributed by atoms with Crippen molar-refractivity contribution in [1.82, 2.24) is 20.2 Å². The number of rotatable bonds is 6. The highest BCUT2D eigenvalue weighted by molar-refractivity contribution is 7.99. The Morgan fingerprint density at radius 1 is 1.28 bits per heavy atom. The van der Waals surface area contributed by atoms with Crippen molar-refractivity contribution in [2.24, 2.45) is 12.1 Å². The summed E-state index contributed by atoms with van der Waals surface area (Å²) in [4.78, 5) is 12.1. The van der Waals surface area contributed by atoms with Gasteiger partial charge in [-0.1, -0.05) is 35.5 Å². The monoisotopic (exact) mass is 429 g/mol. The minimum atomic E-state index is -0.251. The molecule has 10 heteroatoms. The number of nitrogens with zero attached hydrogens (tertiary/aromatic N) is 4. The van der Waals surface area contributed by atoms with Crippen LogP contribution in [0.1, 0.15) is 5.56 Å². The molecule has 0 atom stereocenters. The largest absolute Gasteiger partial charge is 0.454 e. The number of nitrogens with one attached hydrogen (secondary N) is 1. The smallest absolute Gasteiger partial charge is 0.250 e. The number of hydrazone groups is 1. The van der Waals surface area contributed by atoms with Gasteiger partial charge in [-0.3, -0.25) is 4.79 Å². The summed E-state index contributed by atoms with van der Waals surface area (Å²) >= 11 is 7.31. The third-order valence-corrected chi connectivity index (χ3v) is 5.30. The molecule has 0 fully saturated rings. The molecule has 0 unspecified atom stereocenters. The Morgan fingerprint density at radius 2 is 2.14 bits per heavy atom. The second kappa shape index (κ2) is 8.54. The number of carbonyl (C=O) groups excluding carboxylic acids is 1. The summed E-state index contributed by atoms with van der Waals surface area (Å²) in [6.07, 6.45) is 1.55. The number of benzene rings is 2. The number of halogens is 1. The van der Waals surface area contributed by atoms with Gasteiger partial charge < -0.3 is 14.0 Å². The first-order chi connectivity index (χ1) is 14.1. The summed E-state index contributed by atoms with van der Waals surface area (Å²) in [5, 5.41) is 13.5. The fourth-order valence-electron chi connectivity index (χ4n) is 2.65. The third kappa shape index (κ3) is 4.52. The number of ether oxygens (including phenoxy) is 2. The Balaban J connectivity index is 1.32. The van der Waals surface area contributed by atoms with Gasteiger partial charge in [0.15, 0.2) is 22.5 Å². The lowest BCUT2D eigenvalue weighted by atomic mass is 10.2. The molecule has 1 aliphatic heterocycles. The Kier molecular flexibility index (Phi) is 5.68.